The molecule has 0 heterocycles. The Morgan fingerprint density at radius 2 is 1.62 bits per heavy atom. The van der Waals surface area contributed by atoms with Gasteiger partial charge < -0.3 is 5.73 Å². The molecule has 0 aliphatic heterocycles. The van der Waals surface area contributed by atoms with E-state index in [0.717, 1.165) is 12.3 Å². The summed E-state index contributed by atoms with van der Waals surface area (Å²) in [6.45, 7) is 6.51. The molecule has 0 spiro atoms. The average Bonchev–Trinajstić information content (AvgIpc) is 1.61. The van der Waals surface area contributed by atoms with Gasteiger partial charge in [-0.25, -0.2) is 0 Å². The molecule has 1 unspecified atom stereocenters. The minimum absolute atomic E-state index is 0.386. The topological polar surface area (TPSA) is 26.0 Å². The molecule has 2 N–H and O–H groups in total. The molecule has 0 rings (SSSR count). The summed E-state index contributed by atoms with van der Waals surface area (Å²) in [6, 6.07) is 0.386. The standard InChI is InChI=1S/C7H17N/c1-6(2)4-5-7(3)8/h6-7H,4-5,8H2,1-3H3. The van der Waals surface area contributed by atoms with Crippen molar-refractivity contribution in [1.82, 2.24) is 0 Å². The van der Waals surface area contributed by atoms with Crippen LogP contribution >= 0.6 is 0 Å². The minimum atomic E-state index is 0.386. The first-order valence-electron chi connectivity index (χ1n) is 3.38. The normalized spacial score (nSPS) is 14.6. The summed E-state index contributed by atoms with van der Waals surface area (Å²) < 4.78 is 0. The maximum Gasteiger partial charge on any atom is 0.00105 e. The van der Waals surface area contributed by atoms with Crippen molar-refractivity contribution in [2.24, 2.45) is 11.7 Å². The zero-order valence-corrected chi connectivity index (χ0v) is 6.15. The Morgan fingerprint density at radius 3 is 1.75 bits per heavy atom. The van der Waals surface area contributed by atoms with E-state index < -0.39 is 0 Å². The monoisotopic (exact) mass is 115 g/mol. The number of rotatable bonds is 3. The van der Waals surface area contributed by atoms with Gasteiger partial charge in [-0.2, -0.15) is 0 Å². The zero-order chi connectivity index (χ0) is 6.57. The van der Waals surface area contributed by atoms with Crippen molar-refractivity contribution in [2.75, 3.05) is 0 Å². The van der Waals surface area contributed by atoms with Crippen LogP contribution in [0.15, 0.2) is 0 Å². The molecule has 1 heteroatoms. The lowest BCUT2D eigenvalue weighted by Crippen LogP contribution is -2.14. The predicted octanol–water partition coefficient (Wildman–Crippen LogP) is 1.77. The fourth-order valence-corrected chi connectivity index (χ4v) is 0.596. The summed E-state index contributed by atoms with van der Waals surface area (Å²) in [7, 11) is 0. The highest BCUT2D eigenvalue weighted by molar-refractivity contribution is 4.54. The highest BCUT2D eigenvalue weighted by Crippen LogP contribution is 2.04. The average molecular weight is 115 g/mol. The van der Waals surface area contributed by atoms with Crippen LogP contribution in [0.2, 0.25) is 0 Å². The van der Waals surface area contributed by atoms with Crippen LogP contribution in [0.4, 0.5) is 0 Å². The van der Waals surface area contributed by atoms with Crippen LogP contribution in [-0.4, -0.2) is 6.04 Å². The van der Waals surface area contributed by atoms with Crippen molar-refractivity contribution in [3.05, 3.63) is 0 Å². The number of hydrogen-bond acceptors (Lipinski definition) is 1. The second-order valence-corrected chi connectivity index (χ2v) is 2.95. The van der Waals surface area contributed by atoms with E-state index in [1.54, 1.807) is 0 Å². The molecule has 0 saturated carbocycles. The largest absolute Gasteiger partial charge is 0.328 e. The van der Waals surface area contributed by atoms with E-state index in [9.17, 15) is 0 Å². The molecule has 0 amide bonds. The first-order valence-corrected chi connectivity index (χ1v) is 3.38. The van der Waals surface area contributed by atoms with Gasteiger partial charge in [-0.3, -0.25) is 0 Å². The second-order valence-electron chi connectivity index (χ2n) is 2.95. The van der Waals surface area contributed by atoms with E-state index in [1.165, 1.54) is 6.42 Å². The molecule has 0 aliphatic rings. The van der Waals surface area contributed by atoms with Crippen LogP contribution < -0.4 is 5.73 Å². The molecule has 0 fully saturated rings. The van der Waals surface area contributed by atoms with E-state index in [1.807, 2.05) is 0 Å². The Labute approximate surface area is 52.3 Å². The predicted molar refractivity (Wildman–Crippen MR) is 37.7 cm³/mol. The van der Waals surface area contributed by atoms with Crippen molar-refractivity contribution < 1.29 is 0 Å². The van der Waals surface area contributed by atoms with Crippen molar-refractivity contribution in [3.63, 3.8) is 0 Å². The lowest BCUT2D eigenvalue weighted by Gasteiger charge is -2.05. The summed E-state index contributed by atoms with van der Waals surface area (Å²) in [6.07, 6.45) is 2.43. The van der Waals surface area contributed by atoms with Crippen molar-refractivity contribution in [3.8, 4) is 0 Å². The lowest BCUT2D eigenvalue weighted by atomic mass is 10.1. The van der Waals surface area contributed by atoms with Gasteiger partial charge in [-0.05, 0) is 25.7 Å². The Hall–Kier alpha value is -0.0400. The summed E-state index contributed by atoms with van der Waals surface area (Å²) >= 11 is 0. The summed E-state index contributed by atoms with van der Waals surface area (Å²) in [5, 5.41) is 0. The van der Waals surface area contributed by atoms with Gasteiger partial charge in [-0.1, -0.05) is 13.8 Å². The Bertz CT molecular complexity index is 40.3. The summed E-state index contributed by atoms with van der Waals surface area (Å²) in [5.74, 6) is 0.806. The van der Waals surface area contributed by atoms with Crippen LogP contribution in [-0.2, 0) is 0 Å². The molecular formula is C7H17N. The van der Waals surface area contributed by atoms with Gasteiger partial charge in [0.15, 0.2) is 0 Å². The summed E-state index contributed by atoms with van der Waals surface area (Å²) in [5.41, 5.74) is 5.54. The molecule has 0 bridgehead atoms. The van der Waals surface area contributed by atoms with Crippen LogP contribution in [0, 0.1) is 5.92 Å². The number of hydrogen-bond donors (Lipinski definition) is 1. The van der Waals surface area contributed by atoms with E-state index in [4.69, 9.17) is 5.73 Å². The maximum absolute atomic E-state index is 5.54. The summed E-state index contributed by atoms with van der Waals surface area (Å²) in [4.78, 5) is 0. The highest BCUT2D eigenvalue weighted by Gasteiger charge is 1.95. The van der Waals surface area contributed by atoms with E-state index in [-0.39, 0.29) is 0 Å². The third kappa shape index (κ3) is 5.96. The van der Waals surface area contributed by atoms with Crippen LogP contribution in [0.25, 0.3) is 0 Å². The van der Waals surface area contributed by atoms with Gasteiger partial charge in [0.1, 0.15) is 0 Å². The minimum Gasteiger partial charge on any atom is -0.328 e. The third-order valence-electron chi connectivity index (χ3n) is 1.20. The fourth-order valence-electron chi connectivity index (χ4n) is 0.596. The van der Waals surface area contributed by atoms with Gasteiger partial charge in [0.05, 0.1) is 0 Å². The quantitative estimate of drug-likeness (QED) is 0.596. The van der Waals surface area contributed by atoms with Crippen molar-refractivity contribution in [1.29, 1.82) is 0 Å². The van der Waals surface area contributed by atoms with Crippen molar-refractivity contribution in [2.45, 2.75) is 39.7 Å². The Kier molecular flexibility index (Phi) is 3.88. The lowest BCUT2D eigenvalue weighted by molar-refractivity contribution is 0.514. The first kappa shape index (κ1) is 7.96. The van der Waals surface area contributed by atoms with Gasteiger partial charge in [0.2, 0.25) is 0 Å². The molecule has 1 nitrogen and oxygen atoms in total. The molecule has 0 aliphatic carbocycles. The molecule has 0 radical (unpaired) electrons. The number of nitrogens with two attached hydrogens (primary N) is 1. The van der Waals surface area contributed by atoms with Gasteiger partial charge in [0, 0.05) is 6.04 Å². The molecule has 1 atom stereocenters. The Balaban J connectivity index is 2.93. The van der Waals surface area contributed by atoms with E-state index in [0.29, 0.717) is 6.04 Å². The zero-order valence-electron chi connectivity index (χ0n) is 6.15. The first-order chi connectivity index (χ1) is 3.63. The molecular weight excluding hydrogens is 98.1 g/mol. The molecule has 0 aromatic carbocycles. The third-order valence-corrected chi connectivity index (χ3v) is 1.20. The van der Waals surface area contributed by atoms with Gasteiger partial charge in [-0.15, -0.1) is 0 Å². The SMILES string of the molecule is CC(C)CCC(C)N. The van der Waals surface area contributed by atoms with Crippen LogP contribution in [0.3, 0.4) is 0 Å². The second kappa shape index (κ2) is 3.90. The van der Waals surface area contributed by atoms with Crippen molar-refractivity contribution >= 4 is 0 Å². The maximum atomic E-state index is 5.54. The molecule has 0 aromatic heterocycles. The molecule has 8 heavy (non-hydrogen) atoms. The van der Waals surface area contributed by atoms with E-state index >= 15 is 0 Å². The fraction of sp³-hybridized carbons (Fsp3) is 1.00. The highest BCUT2D eigenvalue weighted by atomic mass is 14.6. The molecule has 0 aromatic rings. The van der Waals surface area contributed by atoms with E-state index in [2.05, 4.69) is 20.8 Å². The van der Waals surface area contributed by atoms with Crippen LogP contribution in [0.5, 0.6) is 0 Å². The van der Waals surface area contributed by atoms with Crippen LogP contribution in [0.1, 0.15) is 33.6 Å². The van der Waals surface area contributed by atoms with Gasteiger partial charge >= 0.3 is 0 Å². The Morgan fingerprint density at radius 1 is 1.12 bits per heavy atom. The smallest absolute Gasteiger partial charge is 0.00105 e. The molecule has 50 valence electrons. The van der Waals surface area contributed by atoms with Gasteiger partial charge in [0.25, 0.3) is 0 Å². The molecule has 0 saturated heterocycles.